The van der Waals surface area contributed by atoms with Gasteiger partial charge in [-0.25, -0.2) is 4.79 Å². The number of carbonyl (C=O) groups is 2. The minimum absolute atomic E-state index is 0.112. The van der Waals surface area contributed by atoms with E-state index in [1.807, 2.05) is 0 Å². The average molecular weight is 330 g/mol. The van der Waals surface area contributed by atoms with E-state index in [0.29, 0.717) is 29.5 Å². The molecule has 0 aliphatic carbocycles. The molecule has 1 aromatic rings. The van der Waals surface area contributed by atoms with E-state index < -0.39 is 24.6 Å². The fourth-order valence-electron chi connectivity index (χ4n) is 2.23. The van der Waals surface area contributed by atoms with Crippen LogP contribution in [0.4, 0.5) is 0 Å². The summed E-state index contributed by atoms with van der Waals surface area (Å²) in [5.74, 6) is -1.67. The van der Waals surface area contributed by atoms with E-state index in [9.17, 15) is 14.7 Å². The second-order valence-corrected chi connectivity index (χ2v) is 5.27. The number of nitrogens with zero attached hydrogens (tertiary/aromatic N) is 1. The molecule has 1 aliphatic heterocycles. The molecule has 2 rings (SSSR count). The zero-order chi connectivity index (χ0) is 16.1. The molecular formula is C14H16ClNO6. The van der Waals surface area contributed by atoms with Gasteiger partial charge in [-0.2, -0.15) is 0 Å². The van der Waals surface area contributed by atoms with Gasteiger partial charge >= 0.3 is 11.9 Å². The van der Waals surface area contributed by atoms with E-state index in [1.165, 1.54) is 0 Å². The molecule has 8 heteroatoms. The molecule has 0 unspecified atom stereocenters. The first-order valence-electron chi connectivity index (χ1n) is 6.65. The van der Waals surface area contributed by atoms with Crippen LogP contribution < -0.4 is 4.74 Å². The summed E-state index contributed by atoms with van der Waals surface area (Å²) in [5, 5.41) is 18.4. The van der Waals surface area contributed by atoms with Crippen LogP contribution in [0.2, 0.25) is 5.02 Å². The summed E-state index contributed by atoms with van der Waals surface area (Å²) in [7, 11) is 0. The molecule has 0 saturated carbocycles. The largest absolute Gasteiger partial charge is 0.482 e. The molecule has 0 spiro atoms. The molecule has 1 atom stereocenters. The minimum atomic E-state index is -1.09. The Balaban J connectivity index is 2.17. The van der Waals surface area contributed by atoms with Crippen molar-refractivity contribution in [2.24, 2.45) is 0 Å². The molecule has 7 nitrogen and oxygen atoms in total. The Morgan fingerprint density at radius 3 is 2.86 bits per heavy atom. The van der Waals surface area contributed by atoms with E-state index in [1.54, 1.807) is 23.1 Å². The van der Waals surface area contributed by atoms with Gasteiger partial charge in [0.25, 0.3) is 0 Å². The summed E-state index contributed by atoms with van der Waals surface area (Å²) < 4.78 is 10.4. The number of rotatable bonds is 6. The first-order valence-corrected chi connectivity index (χ1v) is 7.03. The van der Waals surface area contributed by atoms with Gasteiger partial charge in [0.15, 0.2) is 6.61 Å². The van der Waals surface area contributed by atoms with Crippen molar-refractivity contribution in [1.82, 2.24) is 4.90 Å². The normalized spacial score (nSPS) is 18.9. The van der Waals surface area contributed by atoms with E-state index in [-0.39, 0.29) is 13.2 Å². The van der Waals surface area contributed by atoms with E-state index in [4.69, 9.17) is 26.2 Å². The van der Waals surface area contributed by atoms with Gasteiger partial charge in [0.05, 0.1) is 13.2 Å². The molecule has 0 aromatic heterocycles. The third-order valence-corrected chi connectivity index (χ3v) is 3.51. The molecular weight excluding hydrogens is 314 g/mol. The molecule has 1 fully saturated rings. The van der Waals surface area contributed by atoms with Crippen LogP contribution in [0.5, 0.6) is 5.75 Å². The highest BCUT2D eigenvalue weighted by atomic mass is 35.5. The van der Waals surface area contributed by atoms with Crippen LogP contribution in [0.25, 0.3) is 0 Å². The number of halogens is 1. The number of morpholine rings is 1. The predicted molar refractivity (Wildman–Crippen MR) is 77.2 cm³/mol. The smallest absolute Gasteiger partial charge is 0.341 e. The number of aliphatic carboxylic acids is 2. The van der Waals surface area contributed by atoms with Gasteiger partial charge in [-0.05, 0) is 18.2 Å². The zero-order valence-electron chi connectivity index (χ0n) is 11.7. The molecule has 22 heavy (non-hydrogen) atoms. The molecule has 2 N–H and O–H groups in total. The molecule has 1 saturated heterocycles. The van der Waals surface area contributed by atoms with Crippen LogP contribution in [0.3, 0.4) is 0 Å². The second-order valence-electron chi connectivity index (χ2n) is 4.83. The Bertz CT molecular complexity index is 564. The predicted octanol–water partition coefficient (Wildman–Crippen LogP) is 1.09. The van der Waals surface area contributed by atoms with Gasteiger partial charge in [0.1, 0.15) is 11.8 Å². The summed E-state index contributed by atoms with van der Waals surface area (Å²) in [6.45, 7) is 0.828. The number of hydrogen-bond donors (Lipinski definition) is 2. The summed E-state index contributed by atoms with van der Waals surface area (Å²) in [6.07, 6.45) is 0. The van der Waals surface area contributed by atoms with Gasteiger partial charge in [-0.1, -0.05) is 11.6 Å². The summed E-state index contributed by atoms with van der Waals surface area (Å²) in [4.78, 5) is 23.6. The standard InChI is InChI=1S/C14H16ClNO6/c15-10-1-2-12(22-8-13(17)18)9(5-10)6-16-3-4-21-7-11(16)14(19)20/h1-2,5,11H,3-4,6-8H2,(H,17,18)(H,19,20)/t11-/m1/s1. The monoisotopic (exact) mass is 329 g/mol. The van der Waals surface area contributed by atoms with Crippen LogP contribution >= 0.6 is 11.6 Å². The fourth-order valence-corrected chi connectivity index (χ4v) is 2.42. The number of carboxylic acids is 2. The number of hydrogen-bond acceptors (Lipinski definition) is 5. The maximum absolute atomic E-state index is 11.3. The quantitative estimate of drug-likeness (QED) is 0.806. The lowest BCUT2D eigenvalue weighted by molar-refractivity contribution is -0.150. The Labute approximate surface area is 132 Å². The summed E-state index contributed by atoms with van der Waals surface area (Å²) in [6, 6.07) is 4.07. The van der Waals surface area contributed by atoms with Crippen LogP contribution in [-0.2, 0) is 20.9 Å². The van der Waals surface area contributed by atoms with Crippen molar-refractivity contribution in [3.63, 3.8) is 0 Å². The minimum Gasteiger partial charge on any atom is -0.482 e. The van der Waals surface area contributed by atoms with Crippen molar-refractivity contribution in [2.45, 2.75) is 12.6 Å². The SMILES string of the molecule is O=C(O)COc1ccc(Cl)cc1CN1CCOC[C@@H]1C(=O)O. The molecule has 1 heterocycles. The van der Waals surface area contributed by atoms with Crippen molar-refractivity contribution in [1.29, 1.82) is 0 Å². The van der Waals surface area contributed by atoms with Crippen molar-refractivity contribution in [2.75, 3.05) is 26.4 Å². The lowest BCUT2D eigenvalue weighted by Crippen LogP contribution is -2.49. The first-order chi connectivity index (χ1) is 10.5. The Kier molecular flexibility index (Phi) is 5.59. The number of ether oxygens (including phenoxy) is 2. The summed E-state index contributed by atoms with van der Waals surface area (Å²) in [5.41, 5.74) is 0.641. The van der Waals surface area contributed by atoms with Crippen LogP contribution in [0, 0.1) is 0 Å². The third kappa shape index (κ3) is 4.33. The Hall–Kier alpha value is -1.83. The Morgan fingerprint density at radius 2 is 2.18 bits per heavy atom. The lowest BCUT2D eigenvalue weighted by atomic mass is 10.1. The lowest BCUT2D eigenvalue weighted by Gasteiger charge is -2.33. The van der Waals surface area contributed by atoms with Crippen LogP contribution in [0.15, 0.2) is 18.2 Å². The number of carboxylic acid groups (broad SMARTS) is 2. The van der Waals surface area contributed by atoms with Gasteiger partial charge in [0.2, 0.25) is 0 Å². The van der Waals surface area contributed by atoms with E-state index >= 15 is 0 Å². The molecule has 0 radical (unpaired) electrons. The highest BCUT2D eigenvalue weighted by molar-refractivity contribution is 6.30. The summed E-state index contributed by atoms with van der Waals surface area (Å²) >= 11 is 5.96. The van der Waals surface area contributed by atoms with Gasteiger partial charge in [-0.15, -0.1) is 0 Å². The topological polar surface area (TPSA) is 96.3 Å². The first kappa shape index (κ1) is 16.5. The molecule has 1 aromatic carbocycles. The highest BCUT2D eigenvalue weighted by Gasteiger charge is 2.29. The average Bonchev–Trinajstić information content (AvgIpc) is 2.46. The Morgan fingerprint density at radius 1 is 1.41 bits per heavy atom. The third-order valence-electron chi connectivity index (χ3n) is 3.27. The molecule has 1 aliphatic rings. The van der Waals surface area contributed by atoms with E-state index in [2.05, 4.69) is 0 Å². The van der Waals surface area contributed by atoms with Crippen LogP contribution in [-0.4, -0.2) is 59.5 Å². The van der Waals surface area contributed by atoms with Crippen molar-refractivity contribution < 1.29 is 29.3 Å². The molecule has 0 amide bonds. The van der Waals surface area contributed by atoms with Gasteiger partial charge in [0, 0.05) is 23.7 Å². The van der Waals surface area contributed by atoms with Crippen molar-refractivity contribution in [3.05, 3.63) is 28.8 Å². The fraction of sp³-hybridized carbons (Fsp3) is 0.429. The van der Waals surface area contributed by atoms with Gasteiger partial charge in [-0.3, -0.25) is 9.69 Å². The second kappa shape index (κ2) is 7.44. The van der Waals surface area contributed by atoms with Crippen molar-refractivity contribution in [3.8, 4) is 5.75 Å². The maximum atomic E-state index is 11.3. The van der Waals surface area contributed by atoms with Crippen molar-refractivity contribution >= 4 is 23.5 Å². The zero-order valence-corrected chi connectivity index (χ0v) is 12.5. The van der Waals surface area contributed by atoms with Gasteiger partial charge < -0.3 is 19.7 Å². The molecule has 120 valence electrons. The number of benzene rings is 1. The van der Waals surface area contributed by atoms with Crippen LogP contribution in [0.1, 0.15) is 5.56 Å². The highest BCUT2D eigenvalue weighted by Crippen LogP contribution is 2.25. The maximum Gasteiger partial charge on any atom is 0.341 e. The molecule has 0 bridgehead atoms. The van der Waals surface area contributed by atoms with E-state index in [0.717, 1.165) is 0 Å².